The molecule has 0 saturated carbocycles. The number of hydrogen-bond acceptors (Lipinski definition) is 3. The Labute approximate surface area is 66.8 Å². The van der Waals surface area contributed by atoms with Crippen molar-refractivity contribution in [3.63, 3.8) is 0 Å². The van der Waals surface area contributed by atoms with Crippen LogP contribution in [-0.2, 0) is 4.57 Å². The third-order valence-electron chi connectivity index (χ3n) is 1.75. The standard InChI is InChI=1S/C7H10NO2P/c1-7(9)4-2-3-5(11-10)6(7)8/h2-4,6,9H,8H2,1H3. The third-order valence-corrected chi connectivity index (χ3v) is 2.39. The molecule has 0 spiro atoms. The van der Waals surface area contributed by atoms with Crippen molar-refractivity contribution in [3.05, 3.63) is 23.5 Å². The van der Waals surface area contributed by atoms with Gasteiger partial charge in [0.1, 0.15) is 0 Å². The largest absolute Gasteiger partial charge is 0.384 e. The number of hydrogen-bond donors (Lipinski definition) is 2. The molecule has 2 atom stereocenters. The molecule has 1 rings (SSSR count). The molecular weight excluding hydrogens is 161 g/mol. The van der Waals surface area contributed by atoms with Gasteiger partial charge in [0.15, 0.2) is 8.46 Å². The van der Waals surface area contributed by atoms with Crippen LogP contribution in [0, 0.1) is 0 Å². The molecule has 0 aromatic rings. The number of allylic oxidation sites excluding steroid dienone is 2. The summed E-state index contributed by atoms with van der Waals surface area (Å²) in [7, 11) is -0.120. The predicted molar refractivity (Wildman–Crippen MR) is 43.4 cm³/mol. The van der Waals surface area contributed by atoms with Gasteiger partial charge in [0.2, 0.25) is 0 Å². The van der Waals surface area contributed by atoms with E-state index in [0.717, 1.165) is 0 Å². The first-order chi connectivity index (χ1) is 5.08. The fourth-order valence-corrected chi connectivity index (χ4v) is 1.46. The molecule has 3 nitrogen and oxygen atoms in total. The van der Waals surface area contributed by atoms with Crippen molar-refractivity contribution in [3.8, 4) is 0 Å². The third kappa shape index (κ3) is 1.56. The minimum Gasteiger partial charge on any atom is -0.384 e. The van der Waals surface area contributed by atoms with Gasteiger partial charge in [0, 0.05) is 5.31 Å². The van der Waals surface area contributed by atoms with Crippen molar-refractivity contribution in [1.29, 1.82) is 0 Å². The lowest BCUT2D eigenvalue weighted by molar-refractivity contribution is 0.0950. The highest BCUT2D eigenvalue weighted by molar-refractivity contribution is 7.29. The van der Waals surface area contributed by atoms with Gasteiger partial charge in [0.05, 0.1) is 11.6 Å². The van der Waals surface area contributed by atoms with Gasteiger partial charge >= 0.3 is 0 Å². The van der Waals surface area contributed by atoms with Crippen LogP contribution < -0.4 is 5.73 Å². The summed E-state index contributed by atoms with van der Waals surface area (Å²) in [6.07, 6.45) is 4.90. The quantitative estimate of drug-likeness (QED) is 0.574. The molecule has 0 aliphatic heterocycles. The number of nitrogens with two attached hydrogens (primary N) is 1. The van der Waals surface area contributed by atoms with Gasteiger partial charge in [-0.15, -0.1) is 0 Å². The molecule has 0 heterocycles. The predicted octanol–water partition coefficient (Wildman–Crippen LogP) is 0.810. The lowest BCUT2D eigenvalue weighted by atomic mass is 9.93. The minimum absolute atomic E-state index is 0.120. The summed E-state index contributed by atoms with van der Waals surface area (Å²) < 4.78 is 10.5. The first kappa shape index (κ1) is 8.60. The summed E-state index contributed by atoms with van der Waals surface area (Å²) in [5.41, 5.74) is 4.52. The van der Waals surface area contributed by atoms with Crippen molar-refractivity contribution in [2.24, 2.45) is 5.73 Å². The van der Waals surface area contributed by atoms with E-state index >= 15 is 0 Å². The van der Waals surface area contributed by atoms with Crippen LogP contribution in [0.25, 0.3) is 0 Å². The summed E-state index contributed by atoms with van der Waals surface area (Å²) in [5, 5.41) is 10.1. The minimum atomic E-state index is -1.07. The van der Waals surface area contributed by atoms with Gasteiger partial charge in [-0.1, -0.05) is 12.2 Å². The lowest BCUT2D eigenvalue weighted by Crippen LogP contribution is -2.45. The van der Waals surface area contributed by atoms with Crippen LogP contribution in [0.2, 0.25) is 0 Å². The van der Waals surface area contributed by atoms with Crippen LogP contribution in [-0.4, -0.2) is 16.7 Å². The summed E-state index contributed by atoms with van der Waals surface area (Å²) in [5.74, 6) is 0. The number of rotatable bonds is 1. The van der Waals surface area contributed by atoms with E-state index in [4.69, 9.17) is 5.73 Å². The van der Waals surface area contributed by atoms with Crippen molar-refractivity contribution in [1.82, 2.24) is 0 Å². The second kappa shape index (κ2) is 2.86. The molecule has 0 bridgehead atoms. The van der Waals surface area contributed by atoms with E-state index in [0.29, 0.717) is 5.31 Å². The van der Waals surface area contributed by atoms with E-state index in [1.54, 1.807) is 25.2 Å². The summed E-state index contributed by atoms with van der Waals surface area (Å²) in [6.45, 7) is 1.59. The smallest absolute Gasteiger partial charge is 0.189 e. The molecule has 0 radical (unpaired) electrons. The van der Waals surface area contributed by atoms with E-state index in [1.165, 1.54) is 0 Å². The molecule has 0 aromatic carbocycles. The lowest BCUT2D eigenvalue weighted by Gasteiger charge is -2.28. The molecule has 0 amide bonds. The zero-order valence-corrected chi connectivity index (χ0v) is 7.08. The Bertz CT molecular complexity index is 233. The average Bonchev–Trinajstić information content (AvgIpc) is 1.95. The first-order valence-corrected chi connectivity index (χ1v) is 4.10. The van der Waals surface area contributed by atoms with E-state index < -0.39 is 11.6 Å². The Morgan fingerprint density at radius 2 is 2.45 bits per heavy atom. The molecule has 4 heteroatoms. The molecule has 11 heavy (non-hydrogen) atoms. The maximum Gasteiger partial charge on any atom is 0.189 e. The molecule has 0 aromatic heterocycles. The van der Waals surface area contributed by atoms with Crippen LogP contribution in [0.4, 0.5) is 0 Å². The zero-order valence-electron chi connectivity index (χ0n) is 6.19. The van der Waals surface area contributed by atoms with Gasteiger partial charge in [0.25, 0.3) is 0 Å². The molecule has 60 valence electrons. The summed E-state index contributed by atoms with van der Waals surface area (Å²) in [6, 6.07) is -0.563. The van der Waals surface area contributed by atoms with Crippen LogP contribution in [0.1, 0.15) is 6.92 Å². The summed E-state index contributed by atoms with van der Waals surface area (Å²) >= 11 is 0. The highest BCUT2D eigenvalue weighted by atomic mass is 31.1. The monoisotopic (exact) mass is 171 g/mol. The Kier molecular flexibility index (Phi) is 2.23. The molecule has 3 N–H and O–H groups in total. The zero-order chi connectivity index (χ0) is 8.48. The normalized spacial score (nSPS) is 37.4. The van der Waals surface area contributed by atoms with Crippen LogP contribution in [0.5, 0.6) is 0 Å². The second-order valence-corrected chi connectivity index (χ2v) is 3.44. The Morgan fingerprint density at radius 1 is 1.82 bits per heavy atom. The maximum atomic E-state index is 10.5. The molecule has 1 aliphatic rings. The molecule has 0 saturated heterocycles. The van der Waals surface area contributed by atoms with Crippen LogP contribution in [0.3, 0.4) is 0 Å². The van der Waals surface area contributed by atoms with E-state index in [2.05, 4.69) is 0 Å². The van der Waals surface area contributed by atoms with E-state index in [-0.39, 0.29) is 8.46 Å². The Hall–Kier alpha value is -0.500. The first-order valence-electron chi connectivity index (χ1n) is 3.28. The highest BCUT2D eigenvalue weighted by Gasteiger charge is 2.30. The van der Waals surface area contributed by atoms with Gasteiger partial charge < -0.3 is 10.8 Å². The fraction of sp³-hybridized carbons (Fsp3) is 0.429. The average molecular weight is 171 g/mol. The molecule has 1 aliphatic carbocycles. The Balaban J connectivity index is 2.94. The van der Waals surface area contributed by atoms with Gasteiger partial charge in [-0.2, -0.15) is 0 Å². The topological polar surface area (TPSA) is 63.3 Å². The van der Waals surface area contributed by atoms with E-state index in [9.17, 15) is 9.67 Å². The van der Waals surface area contributed by atoms with Crippen molar-refractivity contribution >= 4 is 8.46 Å². The molecule has 2 unspecified atom stereocenters. The maximum absolute atomic E-state index is 10.5. The van der Waals surface area contributed by atoms with Crippen LogP contribution >= 0.6 is 8.46 Å². The van der Waals surface area contributed by atoms with Gasteiger partial charge in [-0.25, -0.2) is 0 Å². The SMILES string of the molecule is CC1(O)C=CC=C(P=O)C1N. The van der Waals surface area contributed by atoms with Crippen molar-refractivity contribution < 1.29 is 9.67 Å². The number of aliphatic hydroxyl groups is 1. The van der Waals surface area contributed by atoms with Crippen molar-refractivity contribution in [2.45, 2.75) is 18.6 Å². The Morgan fingerprint density at radius 3 is 2.91 bits per heavy atom. The fourth-order valence-electron chi connectivity index (χ4n) is 0.935. The van der Waals surface area contributed by atoms with Gasteiger partial charge in [-0.05, 0) is 13.0 Å². The van der Waals surface area contributed by atoms with Crippen LogP contribution in [0.15, 0.2) is 23.5 Å². The van der Waals surface area contributed by atoms with Gasteiger partial charge in [-0.3, -0.25) is 4.57 Å². The molecular formula is C7H10NO2P. The second-order valence-electron chi connectivity index (χ2n) is 2.75. The molecule has 0 fully saturated rings. The summed E-state index contributed by atoms with van der Waals surface area (Å²) in [4.78, 5) is 0. The van der Waals surface area contributed by atoms with E-state index in [1.807, 2.05) is 0 Å². The highest BCUT2D eigenvalue weighted by Crippen LogP contribution is 2.27. The van der Waals surface area contributed by atoms with Crippen molar-refractivity contribution in [2.75, 3.05) is 0 Å².